The molecule has 6 nitrogen and oxygen atoms in total. The van der Waals surface area contributed by atoms with Crippen molar-refractivity contribution < 1.29 is 18.4 Å². The average Bonchev–Trinajstić information content (AvgIpc) is 2.54. The van der Waals surface area contributed by atoms with Gasteiger partial charge in [0.05, 0.1) is 6.61 Å². The average molecular weight is 330 g/mol. The lowest BCUT2D eigenvalue weighted by Crippen LogP contribution is -2.43. The maximum Gasteiger partial charge on any atom is 0.325 e. The van der Waals surface area contributed by atoms with Crippen molar-refractivity contribution in [3.8, 4) is 0 Å². The molecule has 0 heterocycles. The van der Waals surface area contributed by atoms with Gasteiger partial charge in [-0.25, -0.2) is 0 Å². The maximum atomic E-state index is 11.9. The van der Waals surface area contributed by atoms with Crippen molar-refractivity contribution in [3.05, 3.63) is 0 Å². The van der Waals surface area contributed by atoms with E-state index in [0.29, 0.717) is 11.3 Å². The van der Waals surface area contributed by atoms with Crippen LogP contribution in [0.1, 0.15) is 75.7 Å². The van der Waals surface area contributed by atoms with Crippen LogP contribution in [0, 0.1) is 5.41 Å². The summed E-state index contributed by atoms with van der Waals surface area (Å²) >= 11 is 0. The van der Waals surface area contributed by atoms with E-state index in [2.05, 4.69) is 12.2 Å². The molecule has 0 radical (unpaired) electrons. The van der Waals surface area contributed by atoms with E-state index < -0.39 is 31.4 Å². The van der Waals surface area contributed by atoms with Crippen LogP contribution in [0.4, 0.5) is 0 Å². The summed E-state index contributed by atoms with van der Waals surface area (Å²) in [5, 5.41) is 10.0. The van der Waals surface area contributed by atoms with Crippen LogP contribution >= 0.6 is 0 Å². The van der Waals surface area contributed by atoms with Gasteiger partial charge in [-0.05, 0) is 13.3 Å². The molecule has 0 bridgehead atoms. The zero-order valence-electron chi connectivity index (χ0n) is 17.5. The van der Waals surface area contributed by atoms with Crippen LogP contribution in [0.5, 0.6) is 0 Å². The van der Waals surface area contributed by atoms with Crippen LogP contribution in [0.15, 0.2) is 0 Å². The van der Waals surface area contributed by atoms with Crippen molar-refractivity contribution in [3.63, 3.8) is 0 Å². The third kappa shape index (κ3) is 12.6. The molecule has 0 aliphatic heterocycles. The summed E-state index contributed by atoms with van der Waals surface area (Å²) in [6, 6.07) is 0. The minimum absolute atomic E-state index is 0.117. The Hall–Kier alpha value is -1.59. The van der Waals surface area contributed by atoms with E-state index in [1.165, 1.54) is 25.7 Å². The second-order valence-electron chi connectivity index (χ2n) is 5.51. The van der Waals surface area contributed by atoms with E-state index in [1.54, 1.807) is 6.92 Å². The summed E-state index contributed by atoms with van der Waals surface area (Å²) in [6.07, 6.45) is 9.02. The molecular formula is C17H33N3O3. The summed E-state index contributed by atoms with van der Waals surface area (Å²) in [7, 11) is 0. The van der Waals surface area contributed by atoms with Gasteiger partial charge in [0.2, 0.25) is 5.91 Å². The van der Waals surface area contributed by atoms with Gasteiger partial charge in [-0.1, -0.05) is 51.9 Å². The topological polar surface area (TPSA) is 82.5 Å². The molecule has 0 saturated carbocycles. The number of esters is 1. The summed E-state index contributed by atoms with van der Waals surface area (Å²) < 4.78 is 26.9. The van der Waals surface area contributed by atoms with Crippen LogP contribution in [0.2, 0.25) is 0 Å². The Kier molecular flexibility index (Phi) is 9.93. The third-order valence-corrected chi connectivity index (χ3v) is 3.38. The van der Waals surface area contributed by atoms with Gasteiger partial charge in [0.25, 0.3) is 0 Å². The molecule has 0 aromatic carbocycles. The van der Waals surface area contributed by atoms with Gasteiger partial charge in [-0.2, -0.15) is 0 Å². The van der Waals surface area contributed by atoms with Gasteiger partial charge >= 0.3 is 5.97 Å². The molecule has 134 valence electrons. The predicted octanol–water partition coefficient (Wildman–Crippen LogP) is 3.06. The molecule has 0 aliphatic carbocycles. The number of carbonyl (C=O) groups excluding carboxylic acids is 2. The molecule has 0 unspecified atom stereocenters. The Morgan fingerprint density at radius 1 is 1.09 bits per heavy atom. The zero-order chi connectivity index (χ0) is 20.0. The standard InChI is InChI=1S/C17H33N3O3/c1-4-6-7-8-9-10-11-12-13-15(21)19-17(18)20(3)14-16(22)23-5-2/h4-14H2,1-3H3,(H2,18,19,21)/i3D3. The number of nitrogens with zero attached hydrogens (tertiary/aromatic N) is 1. The Labute approximate surface area is 144 Å². The number of unbranched alkanes of at least 4 members (excludes halogenated alkanes) is 7. The number of rotatable bonds is 12. The molecular weight excluding hydrogens is 294 g/mol. The number of guanidine groups is 1. The first-order chi connectivity index (χ1) is 12.2. The van der Waals surface area contributed by atoms with E-state index >= 15 is 0 Å². The molecule has 0 aromatic rings. The van der Waals surface area contributed by atoms with Crippen LogP contribution in [-0.2, 0) is 14.3 Å². The van der Waals surface area contributed by atoms with Crippen molar-refractivity contribution in [1.29, 1.82) is 5.41 Å². The normalized spacial score (nSPS) is 12.7. The smallest absolute Gasteiger partial charge is 0.325 e. The highest BCUT2D eigenvalue weighted by Gasteiger charge is 2.12. The molecule has 0 aliphatic rings. The quantitative estimate of drug-likeness (QED) is 0.249. The fourth-order valence-electron chi connectivity index (χ4n) is 2.10. The lowest BCUT2D eigenvalue weighted by atomic mass is 10.1. The van der Waals surface area contributed by atoms with Crippen LogP contribution in [-0.4, -0.2) is 42.9 Å². The molecule has 0 fully saturated rings. The molecule has 2 N–H and O–H groups in total. The van der Waals surface area contributed by atoms with Gasteiger partial charge in [0.15, 0.2) is 5.96 Å². The lowest BCUT2D eigenvalue weighted by Gasteiger charge is -2.19. The Morgan fingerprint density at radius 2 is 1.70 bits per heavy atom. The monoisotopic (exact) mass is 330 g/mol. The summed E-state index contributed by atoms with van der Waals surface area (Å²) in [4.78, 5) is 23.9. The number of nitrogens with one attached hydrogen (secondary N) is 2. The fourth-order valence-corrected chi connectivity index (χ4v) is 2.10. The molecule has 0 spiro atoms. The fraction of sp³-hybridized carbons (Fsp3) is 0.824. The van der Waals surface area contributed by atoms with Crippen molar-refractivity contribution in [1.82, 2.24) is 10.2 Å². The minimum atomic E-state index is -2.71. The SMILES string of the molecule is [2H]C([2H])([2H])N(CC(=O)OCC)C(=N)NC(=O)CCCCCCCCCC. The van der Waals surface area contributed by atoms with Gasteiger partial charge < -0.3 is 9.64 Å². The Balaban J connectivity index is 4.19. The molecule has 1 amide bonds. The largest absolute Gasteiger partial charge is 0.465 e. The summed E-state index contributed by atoms with van der Waals surface area (Å²) in [5.74, 6) is -1.78. The highest BCUT2D eigenvalue weighted by Crippen LogP contribution is 2.09. The number of carbonyl (C=O) groups is 2. The van der Waals surface area contributed by atoms with Crippen LogP contribution in [0.3, 0.4) is 0 Å². The van der Waals surface area contributed by atoms with Crippen molar-refractivity contribution >= 4 is 17.8 Å². The van der Waals surface area contributed by atoms with Crippen molar-refractivity contribution in [2.24, 2.45) is 0 Å². The first-order valence-corrected chi connectivity index (χ1v) is 8.54. The zero-order valence-corrected chi connectivity index (χ0v) is 14.5. The van der Waals surface area contributed by atoms with E-state index in [1.807, 2.05) is 0 Å². The third-order valence-electron chi connectivity index (χ3n) is 3.38. The molecule has 0 rings (SSSR count). The first-order valence-electron chi connectivity index (χ1n) is 10.0. The lowest BCUT2D eigenvalue weighted by molar-refractivity contribution is -0.143. The molecule has 6 heteroatoms. The van der Waals surface area contributed by atoms with E-state index in [0.717, 1.165) is 19.3 Å². The second-order valence-corrected chi connectivity index (χ2v) is 5.51. The number of hydrogen-bond donors (Lipinski definition) is 2. The number of ether oxygens (including phenoxy) is 1. The summed E-state index contributed by atoms with van der Waals surface area (Å²) in [6.45, 7) is 0.577. The van der Waals surface area contributed by atoms with Gasteiger partial charge in [-0.15, -0.1) is 0 Å². The maximum absolute atomic E-state index is 11.9. The number of hydrogen-bond acceptors (Lipinski definition) is 4. The molecule has 0 saturated heterocycles. The Bertz CT molecular complexity index is 443. The van der Waals surface area contributed by atoms with Crippen molar-refractivity contribution in [2.75, 3.05) is 20.1 Å². The second kappa shape index (κ2) is 14.0. The highest BCUT2D eigenvalue weighted by atomic mass is 16.5. The summed E-state index contributed by atoms with van der Waals surface area (Å²) in [5.41, 5.74) is 0. The van der Waals surface area contributed by atoms with Crippen LogP contribution in [0.25, 0.3) is 0 Å². The number of likely N-dealkylation sites (N-methyl/N-ethyl adjacent to an activating group) is 1. The van der Waals surface area contributed by atoms with E-state index in [4.69, 9.17) is 14.3 Å². The van der Waals surface area contributed by atoms with Gasteiger partial charge in [-0.3, -0.25) is 20.3 Å². The molecule has 0 aromatic heterocycles. The van der Waals surface area contributed by atoms with E-state index in [9.17, 15) is 9.59 Å². The molecule has 23 heavy (non-hydrogen) atoms. The van der Waals surface area contributed by atoms with Gasteiger partial charge in [0.1, 0.15) is 6.54 Å². The van der Waals surface area contributed by atoms with Gasteiger partial charge in [0, 0.05) is 17.5 Å². The van der Waals surface area contributed by atoms with Crippen molar-refractivity contribution in [2.45, 2.75) is 71.6 Å². The Morgan fingerprint density at radius 3 is 2.26 bits per heavy atom. The number of amides is 1. The van der Waals surface area contributed by atoms with E-state index in [-0.39, 0.29) is 13.0 Å². The predicted molar refractivity (Wildman–Crippen MR) is 92.4 cm³/mol. The van der Waals surface area contributed by atoms with Crippen LogP contribution < -0.4 is 5.32 Å². The highest BCUT2D eigenvalue weighted by molar-refractivity contribution is 5.96. The molecule has 0 atom stereocenters. The first kappa shape index (κ1) is 16.3. The minimum Gasteiger partial charge on any atom is -0.465 e.